The minimum atomic E-state index is -0.969. The van der Waals surface area contributed by atoms with Crippen LogP contribution in [-0.4, -0.2) is 21.0 Å². The van der Waals surface area contributed by atoms with Crippen molar-refractivity contribution in [1.29, 1.82) is 5.26 Å². The number of nitriles is 1. The predicted octanol–water partition coefficient (Wildman–Crippen LogP) is 3.79. The summed E-state index contributed by atoms with van der Waals surface area (Å²) in [6.07, 6.45) is 1.64. The summed E-state index contributed by atoms with van der Waals surface area (Å²) in [7, 11) is 0. The summed E-state index contributed by atoms with van der Waals surface area (Å²) in [6, 6.07) is 16.1. The number of aryl methyl sites for hydroxylation is 1. The molecule has 8 heteroatoms. The maximum atomic E-state index is 11.0. The van der Waals surface area contributed by atoms with Crippen molar-refractivity contribution in [3.8, 4) is 11.8 Å². The Morgan fingerprint density at radius 1 is 1.23 bits per heavy atom. The van der Waals surface area contributed by atoms with Gasteiger partial charge in [0.25, 0.3) is 0 Å². The lowest BCUT2D eigenvalue weighted by molar-refractivity contribution is 0.0697. The van der Waals surface area contributed by atoms with E-state index in [2.05, 4.69) is 26.7 Å². The maximum Gasteiger partial charge on any atom is 0.335 e. The summed E-state index contributed by atoms with van der Waals surface area (Å²) in [5.41, 5.74) is 3.36. The molecule has 0 atom stereocenters. The Labute approximate surface area is 172 Å². The standard InChI is InChI=1S/C22H17N5O3/c1-13-11-24-22(25-12-14-6-8-15(9-7-14)21(28)29)27-19(13)16(10-23)20-26-17-4-2-3-5-18(17)30-20/h2-9,11,26H,12H2,1H3,(H,28,29)(H,24,25,27)/b20-16+. The highest BCUT2D eigenvalue weighted by molar-refractivity contribution is 5.87. The molecule has 1 aliphatic heterocycles. The SMILES string of the molecule is Cc1cnc(NCc2ccc(C(=O)O)cc2)nc1/C(C#N)=C1\Nc2ccccc2O1. The molecule has 8 nitrogen and oxygen atoms in total. The van der Waals surface area contributed by atoms with Crippen molar-refractivity contribution in [3.05, 3.63) is 83.0 Å². The second-order valence-electron chi connectivity index (χ2n) is 6.62. The number of benzene rings is 2. The summed E-state index contributed by atoms with van der Waals surface area (Å²) < 4.78 is 5.79. The molecule has 2 aromatic carbocycles. The molecule has 0 radical (unpaired) electrons. The number of aromatic carboxylic acids is 1. The molecule has 0 unspecified atom stereocenters. The number of rotatable bonds is 5. The van der Waals surface area contributed by atoms with Gasteiger partial charge in [0.1, 0.15) is 11.6 Å². The first-order chi connectivity index (χ1) is 14.5. The Morgan fingerprint density at radius 3 is 2.70 bits per heavy atom. The summed E-state index contributed by atoms with van der Waals surface area (Å²) >= 11 is 0. The average molecular weight is 399 g/mol. The van der Waals surface area contributed by atoms with Crippen molar-refractivity contribution in [2.75, 3.05) is 10.6 Å². The molecule has 0 aliphatic carbocycles. The molecule has 0 amide bonds. The number of hydrogen-bond acceptors (Lipinski definition) is 7. The van der Waals surface area contributed by atoms with E-state index in [1.165, 1.54) is 0 Å². The van der Waals surface area contributed by atoms with Crippen LogP contribution in [0.1, 0.15) is 27.2 Å². The highest BCUT2D eigenvalue weighted by atomic mass is 16.5. The van der Waals surface area contributed by atoms with E-state index in [4.69, 9.17) is 9.84 Å². The first-order valence-corrected chi connectivity index (χ1v) is 9.13. The number of aromatic nitrogens is 2. The first kappa shape index (κ1) is 19.0. The molecule has 30 heavy (non-hydrogen) atoms. The van der Waals surface area contributed by atoms with Gasteiger partial charge in [0, 0.05) is 12.7 Å². The fraction of sp³-hybridized carbons (Fsp3) is 0.0909. The zero-order chi connectivity index (χ0) is 21.1. The summed E-state index contributed by atoms with van der Waals surface area (Å²) in [6.45, 7) is 2.23. The van der Waals surface area contributed by atoms with E-state index in [1.807, 2.05) is 31.2 Å². The number of carboxylic acids is 1. The van der Waals surface area contributed by atoms with Crippen LogP contribution in [0.4, 0.5) is 11.6 Å². The second kappa shape index (κ2) is 7.93. The Balaban J connectivity index is 1.56. The van der Waals surface area contributed by atoms with Gasteiger partial charge in [-0.15, -0.1) is 0 Å². The molecule has 0 saturated carbocycles. The molecular weight excluding hydrogens is 382 g/mol. The summed E-state index contributed by atoms with van der Waals surface area (Å²) in [5, 5.41) is 24.9. The fourth-order valence-electron chi connectivity index (χ4n) is 2.97. The van der Waals surface area contributed by atoms with Crippen LogP contribution in [0.25, 0.3) is 5.57 Å². The number of ether oxygens (including phenoxy) is 1. The topological polar surface area (TPSA) is 120 Å². The van der Waals surface area contributed by atoms with Crippen LogP contribution in [-0.2, 0) is 6.54 Å². The number of nitrogens with zero attached hydrogens (tertiary/aromatic N) is 3. The van der Waals surface area contributed by atoms with Crippen molar-refractivity contribution in [1.82, 2.24) is 9.97 Å². The lowest BCUT2D eigenvalue weighted by Gasteiger charge is -2.10. The van der Waals surface area contributed by atoms with Crippen LogP contribution < -0.4 is 15.4 Å². The number of para-hydroxylation sites is 2. The molecule has 0 bridgehead atoms. The molecule has 1 aromatic heterocycles. The van der Waals surface area contributed by atoms with Crippen molar-refractivity contribution >= 4 is 23.2 Å². The third kappa shape index (κ3) is 3.77. The molecular formula is C22H17N5O3. The van der Waals surface area contributed by atoms with Crippen LogP contribution in [0.3, 0.4) is 0 Å². The molecule has 0 fully saturated rings. The van der Waals surface area contributed by atoms with Gasteiger partial charge < -0.3 is 20.5 Å². The number of carbonyl (C=O) groups is 1. The molecule has 1 aliphatic rings. The van der Waals surface area contributed by atoms with Gasteiger partial charge in [0.15, 0.2) is 5.75 Å². The van der Waals surface area contributed by atoms with Crippen LogP contribution >= 0.6 is 0 Å². The lowest BCUT2D eigenvalue weighted by atomic mass is 10.1. The quantitative estimate of drug-likeness (QED) is 0.554. The molecule has 2 heterocycles. The van der Waals surface area contributed by atoms with Gasteiger partial charge in [0.05, 0.1) is 16.9 Å². The Kier molecular flexibility index (Phi) is 5.01. The Hall–Kier alpha value is -4.38. The first-order valence-electron chi connectivity index (χ1n) is 9.13. The fourth-order valence-corrected chi connectivity index (χ4v) is 2.97. The van der Waals surface area contributed by atoms with E-state index >= 15 is 0 Å². The zero-order valence-corrected chi connectivity index (χ0v) is 16.0. The monoisotopic (exact) mass is 399 g/mol. The summed E-state index contributed by atoms with van der Waals surface area (Å²) in [4.78, 5) is 19.7. The second-order valence-corrected chi connectivity index (χ2v) is 6.62. The van der Waals surface area contributed by atoms with Crippen molar-refractivity contribution < 1.29 is 14.6 Å². The van der Waals surface area contributed by atoms with E-state index in [9.17, 15) is 10.1 Å². The molecule has 3 N–H and O–H groups in total. The van der Waals surface area contributed by atoms with Crippen molar-refractivity contribution in [3.63, 3.8) is 0 Å². The van der Waals surface area contributed by atoms with E-state index in [0.717, 1.165) is 16.8 Å². The Bertz CT molecular complexity index is 1170. The van der Waals surface area contributed by atoms with Gasteiger partial charge >= 0.3 is 5.97 Å². The van der Waals surface area contributed by atoms with E-state index in [1.54, 1.807) is 30.5 Å². The number of anilines is 2. The van der Waals surface area contributed by atoms with E-state index in [0.29, 0.717) is 29.8 Å². The van der Waals surface area contributed by atoms with Gasteiger partial charge in [-0.25, -0.2) is 14.8 Å². The van der Waals surface area contributed by atoms with Gasteiger partial charge in [-0.05, 0) is 42.3 Å². The predicted molar refractivity (Wildman–Crippen MR) is 111 cm³/mol. The maximum absolute atomic E-state index is 11.0. The van der Waals surface area contributed by atoms with Gasteiger partial charge in [-0.1, -0.05) is 24.3 Å². The van der Waals surface area contributed by atoms with Crippen LogP contribution in [0.2, 0.25) is 0 Å². The van der Waals surface area contributed by atoms with Gasteiger partial charge in [-0.3, -0.25) is 0 Å². The largest absolute Gasteiger partial charge is 0.478 e. The minimum absolute atomic E-state index is 0.225. The normalized spacial score (nSPS) is 13.5. The molecule has 4 rings (SSSR count). The number of fused-ring (bicyclic) bond motifs is 1. The third-order valence-electron chi connectivity index (χ3n) is 4.55. The number of hydrogen-bond donors (Lipinski definition) is 3. The van der Waals surface area contributed by atoms with Gasteiger partial charge in [0.2, 0.25) is 11.8 Å². The van der Waals surface area contributed by atoms with Gasteiger partial charge in [-0.2, -0.15) is 5.26 Å². The van der Waals surface area contributed by atoms with E-state index in [-0.39, 0.29) is 11.1 Å². The molecule has 148 valence electrons. The zero-order valence-electron chi connectivity index (χ0n) is 16.0. The number of nitrogens with one attached hydrogen (secondary N) is 2. The molecule has 0 spiro atoms. The van der Waals surface area contributed by atoms with Crippen molar-refractivity contribution in [2.45, 2.75) is 13.5 Å². The number of allylic oxidation sites excluding steroid dienone is 1. The van der Waals surface area contributed by atoms with Crippen LogP contribution in [0.5, 0.6) is 5.75 Å². The average Bonchev–Trinajstić information content (AvgIpc) is 3.18. The van der Waals surface area contributed by atoms with Crippen LogP contribution in [0, 0.1) is 18.3 Å². The third-order valence-corrected chi connectivity index (χ3v) is 4.55. The highest BCUT2D eigenvalue weighted by Gasteiger charge is 2.23. The minimum Gasteiger partial charge on any atom is -0.478 e. The number of carboxylic acid groups (broad SMARTS) is 1. The molecule has 0 saturated heterocycles. The lowest BCUT2D eigenvalue weighted by Crippen LogP contribution is -2.09. The Morgan fingerprint density at radius 2 is 2.00 bits per heavy atom. The summed E-state index contributed by atoms with van der Waals surface area (Å²) in [5.74, 6) is 0.357. The highest BCUT2D eigenvalue weighted by Crippen LogP contribution is 2.35. The smallest absolute Gasteiger partial charge is 0.335 e. The van der Waals surface area contributed by atoms with Crippen molar-refractivity contribution in [2.24, 2.45) is 0 Å². The van der Waals surface area contributed by atoms with E-state index < -0.39 is 5.97 Å². The van der Waals surface area contributed by atoms with Crippen LogP contribution in [0.15, 0.2) is 60.6 Å². The molecule has 3 aromatic rings.